The third kappa shape index (κ3) is 3.63. The average Bonchev–Trinajstić information content (AvgIpc) is 2.34. The van der Waals surface area contributed by atoms with Crippen molar-refractivity contribution in [2.24, 2.45) is 5.41 Å². The van der Waals surface area contributed by atoms with Gasteiger partial charge in [0.05, 0.1) is 12.0 Å². The molecule has 20 heavy (non-hydrogen) atoms. The van der Waals surface area contributed by atoms with Crippen LogP contribution in [0.15, 0.2) is 18.2 Å². The van der Waals surface area contributed by atoms with E-state index in [1.54, 1.807) is 18.2 Å². The zero-order valence-corrected chi connectivity index (χ0v) is 13.7. The Morgan fingerprint density at radius 1 is 1.40 bits per heavy atom. The number of aliphatic carboxylic acids is 1. The van der Waals surface area contributed by atoms with E-state index in [-0.39, 0.29) is 17.7 Å². The smallest absolute Gasteiger partial charge is 0.303 e. The fourth-order valence-corrected chi connectivity index (χ4v) is 3.20. The highest BCUT2D eigenvalue weighted by atomic mass is 127. The second-order valence-corrected chi connectivity index (χ2v) is 6.83. The van der Waals surface area contributed by atoms with Crippen LogP contribution in [0.2, 0.25) is 5.02 Å². The van der Waals surface area contributed by atoms with Gasteiger partial charge in [0.1, 0.15) is 0 Å². The second kappa shape index (κ2) is 6.30. The maximum Gasteiger partial charge on any atom is 0.303 e. The van der Waals surface area contributed by atoms with Crippen LogP contribution in [-0.2, 0) is 4.79 Å². The molecule has 0 radical (unpaired) electrons. The predicted molar refractivity (Wildman–Crippen MR) is 85.0 cm³/mol. The lowest BCUT2D eigenvalue weighted by atomic mass is 9.66. The van der Waals surface area contributed by atoms with Crippen LogP contribution in [0, 0.1) is 8.99 Å². The first-order valence-electron chi connectivity index (χ1n) is 6.37. The minimum atomic E-state index is -0.809. The van der Waals surface area contributed by atoms with Gasteiger partial charge < -0.3 is 10.4 Å². The molecule has 1 aliphatic rings. The molecule has 108 valence electrons. The highest BCUT2D eigenvalue weighted by Crippen LogP contribution is 2.43. The number of amides is 1. The van der Waals surface area contributed by atoms with Crippen molar-refractivity contribution in [2.75, 3.05) is 6.54 Å². The summed E-state index contributed by atoms with van der Waals surface area (Å²) in [5.74, 6) is -1.01. The van der Waals surface area contributed by atoms with Crippen molar-refractivity contribution in [2.45, 2.75) is 25.7 Å². The molecule has 4 nitrogen and oxygen atoms in total. The lowest BCUT2D eigenvalue weighted by molar-refractivity contribution is -0.141. The van der Waals surface area contributed by atoms with E-state index in [1.807, 2.05) is 0 Å². The van der Waals surface area contributed by atoms with Gasteiger partial charge in [-0.1, -0.05) is 18.0 Å². The summed E-state index contributed by atoms with van der Waals surface area (Å²) in [5, 5.41) is 12.3. The van der Waals surface area contributed by atoms with Crippen LogP contribution < -0.4 is 5.32 Å². The summed E-state index contributed by atoms with van der Waals surface area (Å²) in [7, 11) is 0. The third-order valence-corrected chi connectivity index (χ3v) is 4.91. The van der Waals surface area contributed by atoms with Crippen molar-refractivity contribution >= 4 is 46.1 Å². The largest absolute Gasteiger partial charge is 0.481 e. The van der Waals surface area contributed by atoms with Gasteiger partial charge in [-0.2, -0.15) is 0 Å². The molecule has 2 rings (SSSR count). The van der Waals surface area contributed by atoms with E-state index in [0.29, 0.717) is 17.1 Å². The molecule has 0 spiro atoms. The fraction of sp³-hybridized carbons (Fsp3) is 0.429. The summed E-state index contributed by atoms with van der Waals surface area (Å²) in [5.41, 5.74) is 0.258. The van der Waals surface area contributed by atoms with Crippen molar-refractivity contribution < 1.29 is 14.7 Å². The van der Waals surface area contributed by atoms with Crippen molar-refractivity contribution in [3.8, 4) is 0 Å². The molecule has 1 saturated carbocycles. The summed E-state index contributed by atoms with van der Waals surface area (Å²) >= 11 is 7.98. The molecular formula is C14H15ClINO3. The minimum absolute atomic E-state index is 0.111. The zero-order chi connectivity index (χ0) is 14.8. The van der Waals surface area contributed by atoms with Crippen LogP contribution in [0.4, 0.5) is 0 Å². The molecular weight excluding hydrogens is 393 g/mol. The van der Waals surface area contributed by atoms with Gasteiger partial charge in [0.15, 0.2) is 0 Å². The molecule has 0 atom stereocenters. The predicted octanol–water partition coefficient (Wildman–Crippen LogP) is 3.32. The standard InChI is InChI=1S/C14H15ClINO3/c15-9-2-3-11(16)10(6-9)13(20)17-8-14(4-1-5-14)7-12(18)19/h2-3,6H,1,4-5,7-8H2,(H,17,20)(H,18,19). The SMILES string of the molecule is O=C(O)CC1(CNC(=O)c2cc(Cl)ccc2I)CCC1. The topological polar surface area (TPSA) is 66.4 Å². The van der Waals surface area contributed by atoms with E-state index in [2.05, 4.69) is 27.9 Å². The molecule has 1 fully saturated rings. The second-order valence-electron chi connectivity index (χ2n) is 5.23. The van der Waals surface area contributed by atoms with Crippen LogP contribution in [0.25, 0.3) is 0 Å². The van der Waals surface area contributed by atoms with Crippen LogP contribution in [0.3, 0.4) is 0 Å². The summed E-state index contributed by atoms with van der Waals surface area (Å²) in [6, 6.07) is 5.15. The number of nitrogens with one attached hydrogen (secondary N) is 1. The number of carbonyl (C=O) groups excluding carboxylic acids is 1. The van der Waals surface area contributed by atoms with E-state index in [4.69, 9.17) is 16.7 Å². The molecule has 1 aliphatic carbocycles. The van der Waals surface area contributed by atoms with Crippen LogP contribution in [0.1, 0.15) is 36.0 Å². The Labute approximate surface area is 136 Å². The Morgan fingerprint density at radius 3 is 2.65 bits per heavy atom. The Morgan fingerprint density at radius 2 is 2.10 bits per heavy atom. The number of benzene rings is 1. The summed E-state index contributed by atoms with van der Waals surface area (Å²) < 4.78 is 0.824. The van der Waals surface area contributed by atoms with Crippen LogP contribution >= 0.6 is 34.2 Å². The monoisotopic (exact) mass is 407 g/mol. The Bertz CT molecular complexity index is 543. The lowest BCUT2D eigenvalue weighted by Crippen LogP contribution is -2.43. The third-order valence-electron chi connectivity index (χ3n) is 3.74. The minimum Gasteiger partial charge on any atom is -0.481 e. The number of carboxylic acids is 1. The zero-order valence-electron chi connectivity index (χ0n) is 10.8. The average molecular weight is 408 g/mol. The van der Waals surface area contributed by atoms with E-state index >= 15 is 0 Å². The molecule has 0 heterocycles. The summed E-state index contributed by atoms with van der Waals surface area (Å²) in [6.07, 6.45) is 2.84. The van der Waals surface area contributed by atoms with E-state index < -0.39 is 5.97 Å². The van der Waals surface area contributed by atoms with Gasteiger partial charge in [-0.25, -0.2) is 0 Å². The van der Waals surface area contributed by atoms with E-state index in [1.165, 1.54) is 0 Å². The van der Waals surface area contributed by atoms with Gasteiger partial charge in [-0.3, -0.25) is 9.59 Å². The van der Waals surface area contributed by atoms with Crippen molar-refractivity contribution in [1.29, 1.82) is 0 Å². The maximum atomic E-state index is 12.2. The first kappa shape index (κ1) is 15.6. The molecule has 0 aromatic heterocycles. The van der Waals surface area contributed by atoms with E-state index in [0.717, 1.165) is 22.8 Å². The number of halogens is 2. The van der Waals surface area contributed by atoms with Gasteiger partial charge in [0.2, 0.25) is 0 Å². The van der Waals surface area contributed by atoms with Crippen molar-refractivity contribution in [3.05, 3.63) is 32.4 Å². The molecule has 0 unspecified atom stereocenters. The first-order valence-corrected chi connectivity index (χ1v) is 7.83. The number of hydrogen-bond acceptors (Lipinski definition) is 2. The molecule has 2 N–H and O–H groups in total. The number of carboxylic acid groups (broad SMARTS) is 1. The highest BCUT2D eigenvalue weighted by Gasteiger charge is 2.39. The number of hydrogen-bond donors (Lipinski definition) is 2. The van der Waals surface area contributed by atoms with Gasteiger partial charge >= 0.3 is 5.97 Å². The lowest BCUT2D eigenvalue weighted by Gasteiger charge is -2.40. The molecule has 1 aromatic rings. The summed E-state index contributed by atoms with van der Waals surface area (Å²) in [6.45, 7) is 0.403. The Hall–Kier alpha value is -0.820. The molecule has 0 aliphatic heterocycles. The van der Waals surface area contributed by atoms with Crippen LogP contribution in [0.5, 0.6) is 0 Å². The van der Waals surface area contributed by atoms with Crippen LogP contribution in [-0.4, -0.2) is 23.5 Å². The molecule has 1 aromatic carbocycles. The number of carbonyl (C=O) groups is 2. The summed E-state index contributed by atoms with van der Waals surface area (Å²) in [4.78, 5) is 23.1. The van der Waals surface area contributed by atoms with Crippen molar-refractivity contribution in [3.63, 3.8) is 0 Å². The number of rotatable bonds is 5. The molecule has 0 bridgehead atoms. The Kier molecular flexibility index (Phi) is 4.90. The van der Waals surface area contributed by atoms with E-state index in [9.17, 15) is 9.59 Å². The van der Waals surface area contributed by atoms with Gasteiger partial charge in [0.25, 0.3) is 5.91 Å². The Balaban J connectivity index is 2.01. The van der Waals surface area contributed by atoms with Gasteiger partial charge in [-0.05, 0) is 59.0 Å². The normalized spacial score (nSPS) is 16.3. The quantitative estimate of drug-likeness (QED) is 0.736. The first-order chi connectivity index (χ1) is 9.42. The molecule has 6 heteroatoms. The molecule has 0 saturated heterocycles. The fourth-order valence-electron chi connectivity index (χ4n) is 2.45. The maximum absolute atomic E-state index is 12.2. The molecule has 1 amide bonds. The van der Waals surface area contributed by atoms with Gasteiger partial charge in [0, 0.05) is 15.1 Å². The van der Waals surface area contributed by atoms with Gasteiger partial charge in [-0.15, -0.1) is 0 Å². The van der Waals surface area contributed by atoms with Crippen molar-refractivity contribution in [1.82, 2.24) is 5.32 Å². The highest BCUT2D eigenvalue weighted by molar-refractivity contribution is 14.1.